The number of likely N-dealkylation sites (N-methyl/N-ethyl adjacent to an activating group) is 1. The normalized spacial score (nSPS) is 22.5. The molecule has 0 N–H and O–H groups in total. The topological polar surface area (TPSA) is 35.5 Å². The monoisotopic (exact) mass is 351 g/mol. The molecule has 0 spiro atoms. The third-order valence-corrected chi connectivity index (χ3v) is 5.59. The van der Waals surface area contributed by atoms with Gasteiger partial charge in [0.15, 0.2) is 0 Å². The SMILES string of the molecule is CN1CCN(Cc2cnc(N3CCCCC3)nc2)[C@@H](c2ccccc2)C1. The minimum atomic E-state index is 0.428. The maximum absolute atomic E-state index is 4.66. The standard InChI is InChI=1S/C21H29N5/c1-24-12-13-26(20(17-24)19-8-4-2-5-9-19)16-18-14-22-21(23-15-18)25-10-6-3-7-11-25/h2,4-5,8-9,14-15,20H,3,6-7,10-13,16-17H2,1H3/t20-/m1/s1. The molecule has 0 amide bonds. The van der Waals surface area contributed by atoms with E-state index in [1.807, 2.05) is 12.4 Å². The minimum Gasteiger partial charge on any atom is -0.341 e. The number of hydrogen-bond acceptors (Lipinski definition) is 5. The van der Waals surface area contributed by atoms with Gasteiger partial charge in [0.1, 0.15) is 0 Å². The Balaban J connectivity index is 1.46. The van der Waals surface area contributed by atoms with Crippen LogP contribution in [-0.2, 0) is 6.54 Å². The van der Waals surface area contributed by atoms with E-state index in [0.29, 0.717) is 6.04 Å². The van der Waals surface area contributed by atoms with Crippen LogP contribution in [0.1, 0.15) is 36.4 Å². The number of rotatable bonds is 4. The minimum absolute atomic E-state index is 0.428. The van der Waals surface area contributed by atoms with Crippen LogP contribution < -0.4 is 4.90 Å². The zero-order chi connectivity index (χ0) is 17.8. The van der Waals surface area contributed by atoms with Gasteiger partial charge in [-0.2, -0.15) is 0 Å². The Morgan fingerprint density at radius 2 is 1.65 bits per heavy atom. The summed E-state index contributed by atoms with van der Waals surface area (Å²) >= 11 is 0. The van der Waals surface area contributed by atoms with Crippen LogP contribution in [0.15, 0.2) is 42.7 Å². The molecule has 2 aliphatic rings. The summed E-state index contributed by atoms with van der Waals surface area (Å²) in [4.78, 5) is 16.6. The smallest absolute Gasteiger partial charge is 0.225 e. The lowest BCUT2D eigenvalue weighted by Crippen LogP contribution is -2.46. The molecule has 0 radical (unpaired) electrons. The van der Waals surface area contributed by atoms with Crippen LogP contribution in [0.2, 0.25) is 0 Å². The number of piperidine rings is 1. The molecular formula is C21H29N5. The fourth-order valence-corrected chi connectivity index (χ4v) is 4.06. The van der Waals surface area contributed by atoms with Crippen LogP contribution in [0.25, 0.3) is 0 Å². The fourth-order valence-electron chi connectivity index (χ4n) is 4.06. The van der Waals surface area contributed by atoms with Crippen molar-refractivity contribution in [1.29, 1.82) is 0 Å². The molecular weight excluding hydrogens is 322 g/mol. The molecule has 2 saturated heterocycles. The number of hydrogen-bond donors (Lipinski definition) is 0. The van der Waals surface area contributed by atoms with Gasteiger partial charge >= 0.3 is 0 Å². The Morgan fingerprint density at radius 3 is 2.38 bits per heavy atom. The third-order valence-electron chi connectivity index (χ3n) is 5.59. The Kier molecular flexibility index (Phi) is 5.46. The van der Waals surface area contributed by atoms with Gasteiger partial charge in [0.2, 0.25) is 5.95 Å². The number of nitrogens with zero attached hydrogens (tertiary/aromatic N) is 5. The first kappa shape index (κ1) is 17.4. The summed E-state index contributed by atoms with van der Waals surface area (Å²) in [7, 11) is 2.21. The van der Waals surface area contributed by atoms with E-state index in [1.54, 1.807) is 0 Å². The summed E-state index contributed by atoms with van der Waals surface area (Å²) in [6.07, 6.45) is 7.89. The fraction of sp³-hybridized carbons (Fsp3) is 0.524. The summed E-state index contributed by atoms with van der Waals surface area (Å²) in [5.74, 6) is 0.895. The Labute approximate surface area is 156 Å². The molecule has 4 rings (SSSR count). The van der Waals surface area contributed by atoms with Gasteiger partial charge in [-0.05, 0) is 31.9 Å². The average Bonchev–Trinajstić information content (AvgIpc) is 2.71. The third kappa shape index (κ3) is 4.05. The maximum atomic E-state index is 4.66. The highest BCUT2D eigenvalue weighted by Gasteiger charge is 2.26. The van der Waals surface area contributed by atoms with E-state index < -0.39 is 0 Å². The molecule has 26 heavy (non-hydrogen) atoms. The molecule has 1 aromatic carbocycles. The van der Waals surface area contributed by atoms with Crippen molar-refractivity contribution in [2.45, 2.75) is 31.8 Å². The predicted octanol–water partition coefficient (Wildman–Crippen LogP) is 2.96. The van der Waals surface area contributed by atoms with Gasteiger partial charge in [-0.25, -0.2) is 9.97 Å². The van der Waals surface area contributed by atoms with Gasteiger partial charge in [-0.3, -0.25) is 4.90 Å². The van der Waals surface area contributed by atoms with Crippen molar-refractivity contribution in [3.8, 4) is 0 Å². The largest absolute Gasteiger partial charge is 0.341 e. The first-order chi connectivity index (χ1) is 12.8. The van der Waals surface area contributed by atoms with Crippen LogP contribution in [0, 0.1) is 0 Å². The van der Waals surface area contributed by atoms with Crippen molar-refractivity contribution in [3.05, 3.63) is 53.9 Å². The Morgan fingerprint density at radius 1 is 0.923 bits per heavy atom. The van der Waals surface area contributed by atoms with Gasteiger partial charge in [0.25, 0.3) is 0 Å². The molecule has 0 bridgehead atoms. The Hall–Kier alpha value is -1.98. The second-order valence-corrected chi connectivity index (χ2v) is 7.60. The lowest BCUT2D eigenvalue weighted by Gasteiger charge is -2.40. The van der Waals surface area contributed by atoms with Crippen molar-refractivity contribution in [2.75, 3.05) is 44.7 Å². The van der Waals surface area contributed by atoms with Gasteiger partial charge in [-0.1, -0.05) is 30.3 Å². The van der Waals surface area contributed by atoms with E-state index in [-0.39, 0.29) is 0 Å². The van der Waals surface area contributed by atoms with Crippen LogP contribution in [0.3, 0.4) is 0 Å². The highest BCUT2D eigenvalue weighted by atomic mass is 15.3. The van der Waals surface area contributed by atoms with E-state index in [1.165, 1.54) is 30.4 Å². The van der Waals surface area contributed by atoms with E-state index >= 15 is 0 Å². The highest BCUT2D eigenvalue weighted by Crippen LogP contribution is 2.26. The summed E-state index contributed by atoms with van der Waals surface area (Å²) < 4.78 is 0. The summed E-state index contributed by atoms with van der Waals surface area (Å²) in [6.45, 7) is 6.34. The number of anilines is 1. The number of benzene rings is 1. The second-order valence-electron chi connectivity index (χ2n) is 7.60. The number of aromatic nitrogens is 2. The first-order valence-corrected chi connectivity index (χ1v) is 9.83. The van der Waals surface area contributed by atoms with Gasteiger partial charge in [0.05, 0.1) is 0 Å². The van der Waals surface area contributed by atoms with E-state index in [0.717, 1.165) is 45.2 Å². The van der Waals surface area contributed by atoms with Gasteiger partial charge in [-0.15, -0.1) is 0 Å². The van der Waals surface area contributed by atoms with Crippen molar-refractivity contribution in [2.24, 2.45) is 0 Å². The molecule has 3 heterocycles. The molecule has 5 heteroatoms. The van der Waals surface area contributed by atoms with Gasteiger partial charge < -0.3 is 9.80 Å². The van der Waals surface area contributed by atoms with Crippen molar-refractivity contribution >= 4 is 5.95 Å². The maximum Gasteiger partial charge on any atom is 0.225 e. The molecule has 1 atom stereocenters. The molecule has 2 aliphatic heterocycles. The molecule has 5 nitrogen and oxygen atoms in total. The zero-order valence-electron chi connectivity index (χ0n) is 15.7. The second kappa shape index (κ2) is 8.14. The first-order valence-electron chi connectivity index (χ1n) is 9.83. The lowest BCUT2D eigenvalue weighted by atomic mass is 10.0. The van der Waals surface area contributed by atoms with Gasteiger partial charge in [0, 0.05) is 63.3 Å². The number of piperazine rings is 1. The Bertz CT molecular complexity index is 681. The van der Waals surface area contributed by atoms with E-state index in [2.05, 4.69) is 62.0 Å². The quantitative estimate of drug-likeness (QED) is 0.846. The van der Waals surface area contributed by atoms with Crippen LogP contribution in [0.5, 0.6) is 0 Å². The van der Waals surface area contributed by atoms with Crippen LogP contribution in [-0.4, -0.2) is 59.5 Å². The molecule has 2 fully saturated rings. The van der Waals surface area contributed by atoms with Crippen LogP contribution in [0.4, 0.5) is 5.95 Å². The van der Waals surface area contributed by atoms with Crippen molar-refractivity contribution < 1.29 is 0 Å². The lowest BCUT2D eigenvalue weighted by molar-refractivity contribution is 0.0832. The molecule has 138 valence electrons. The van der Waals surface area contributed by atoms with E-state index in [4.69, 9.17) is 0 Å². The highest BCUT2D eigenvalue weighted by molar-refractivity contribution is 5.30. The molecule has 2 aromatic rings. The molecule has 0 aliphatic carbocycles. The van der Waals surface area contributed by atoms with E-state index in [9.17, 15) is 0 Å². The summed E-state index contributed by atoms with van der Waals surface area (Å²) in [5, 5.41) is 0. The van der Waals surface area contributed by atoms with Crippen LogP contribution >= 0.6 is 0 Å². The van der Waals surface area contributed by atoms with Crippen molar-refractivity contribution in [1.82, 2.24) is 19.8 Å². The molecule has 1 aromatic heterocycles. The average molecular weight is 351 g/mol. The predicted molar refractivity (Wildman–Crippen MR) is 105 cm³/mol. The zero-order valence-corrected chi connectivity index (χ0v) is 15.7. The summed E-state index contributed by atoms with van der Waals surface area (Å²) in [6, 6.07) is 11.3. The molecule has 0 unspecified atom stereocenters. The van der Waals surface area contributed by atoms with Crippen molar-refractivity contribution in [3.63, 3.8) is 0 Å². The summed E-state index contributed by atoms with van der Waals surface area (Å²) in [5.41, 5.74) is 2.60. The molecule has 0 saturated carbocycles.